The van der Waals surface area contributed by atoms with Gasteiger partial charge in [-0.2, -0.15) is 0 Å². The first kappa shape index (κ1) is 15.2. The van der Waals surface area contributed by atoms with Crippen LogP contribution in [0.4, 0.5) is 0 Å². The van der Waals surface area contributed by atoms with Gasteiger partial charge < -0.3 is 5.73 Å². The number of rotatable bonds is 3. The van der Waals surface area contributed by atoms with Crippen LogP contribution in [0.3, 0.4) is 0 Å². The molecule has 0 bridgehead atoms. The summed E-state index contributed by atoms with van der Waals surface area (Å²) in [5, 5.41) is 0. The van der Waals surface area contributed by atoms with Crippen LogP contribution >= 0.6 is 0 Å². The van der Waals surface area contributed by atoms with Crippen LogP contribution in [0.15, 0.2) is 0 Å². The molecule has 0 aliphatic carbocycles. The summed E-state index contributed by atoms with van der Waals surface area (Å²) in [6.07, 6.45) is 1.67. The van der Waals surface area contributed by atoms with Crippen molar-refractivity contribution in [3.63, 3.8) is 0 Å². The van der Waals surface area contributed by atoms with Gasteiger partial charge in [0.1, 0.15) is 0 Å². The maximum absolute atomic E-state index is 12.0. The molecule has 0 aromatic carbocycles. The molecule has 2 fully saturated rings. The smallest absolute Gasteiger partial charge is 0.152 e. The normalized spacial score (nSPS) is 37.3. The van der Waals surface area contributed by atoms with Gasteiger partial charge in [0.2, 0.25) is 0 Å². The second-order valence-corrected chi connectivity index (χ2v) is 8.23. The van der Waals surface area contributed by atoms with E-state index in [9.17, 15) is 8.42 Å². The predicted molar refractivity (Wildman–Crippen MR) is 78.0 cm³/mol. The lowest BCUT2D eigenvalue weighted by molar-refractivity contribution is 0.0142. The van der Waals surface area contributed by atoms with E-state index in [1.807, 2.05) is 0 Å². The van der Waals surface area contributed by atoms with Gasteiger partial charge >= 0.3 is 0 Å². The molecule has 0 aromatic rings. The first-order valence-electron chi connectivity index (χ1n) is 7.32. The van der Waals surface area contributed by atoms with Crippen molar-refractivity contribution in [2.24, 2.45) is 5.73 Å². The highest BCUT2D eigenvalue weighted by Crippen LogP contribution is 2.30. The minimum atomic E-state index is -2.92. The number of likely N-dealkylation sites (N-methyl/N-ethyl adjacent to an activating group) is 1. The van der Waals surface area contributed by atoms with Gasteiger partial charge in [0.25, 0.3) is 0 Å². The first-order chi connectivity index (χ1) is 8.92. The molecule has 2 aliphatic rings. The van der Waals surface area contributed by atoms with Gasteiger partial charge in [-0.3, -0.25) is 9.80 Å². The molecule has 6 heteroatoms. The number of hydrogen-bond acceptors (Lipinski definition) is 5. The van der Waals surface area contributed by atoms with E-state index in [2.05, 4.69) is 23.6 Å². The van der Waals surface area contributed by atoms with E-state index in [0.29, 0.717) is 18.3 Å². The summed E-state index contributed by atoms with van der Waals surface area (Å²) in [5.74, 6) is 0.578. The Morgan fingerprint density at radius 1 is 1.37 bits per heavy atom. The Morgan fingerprint density at radius 3 is 2.63 bits per heavy atom. The molecule has 2 aliphatic heterocycles. The Kier molecular flexibility index (Phi) is 4.55. The summed E-state index contributed by atoms with van der Waals surface area (Å²) >= 11 is 0. The van der Waals surface area contributed by atoms with E-state index >= 15 is 0 Å². The molecule has 0 radical (unpaired) electrons. The van der Waals surface area contributed by atoms with E-state index in [1.165, 1.54) is 0 Å². The van der Waals surface area contributed by atoms with Crippen LogP contribution in [0.2, 0.25) is 0 Å². The van der Waals surface area contributed by atoms with Crippen LogP contribution in [-0.4, -0.2) is 74.0 Å². The van der Waals surface area contributed by atoms with Gasteiger partial charge in [-0.25, -0.2) is 8.42 Å². The summed E-state index contributed by atoms with van der Waals surface area (Å²) in [6, 6.07) is 0.479. The van der Waals surface area contributed by atoms with Crippen molar-refractivity contribution in [3.8, 4) is 0 Å². The van der Waals surface area contributed by atoms with Crippen molar-refractivity contribution in [1.82, 2.24) is 9.80 Å². The third-order valence-corrected chi connectivity index (χ3v) is 6.70. The van der Waals surface area contributed by atoms with Crippen molar-refractivity contribution in [3.05, 3.63) is 0 Å². The van der Waals surface area contributed by atoms with E-state index in [-0.39, 0.29) is 11.3 Å². The van der Waals surface area contributed by atoms with Crippen LogP contribution < -0.4 is 5.73 Å². The molecule has 0 saturated carbocycles. The molecule has 19 heavy (non-hydrogen) atoms. The Hall–Kier alpha value is -0.170. The Balaban J connectivity index is 2.14. The average molecular weight is 289 g/mol. The molecule has 0 spiro atoms. The highest BCUT2D eigenvalue weighted by Gasteiger charge is 2.44. The van der Waals surface area contributed by atoms with Crippen molar-refractivity contribution in [2.45, 2.75) is 38.3 Å². The van der Waals surface area contributed by atoms with Gasteiger partial charge in [0, 0.05) is 37.8 Å². The largest absolute Gasteiger partial charge is 0.329 e. The Morgan fingerprint density at radius 2 is 2.11 bits per heavy atom. The van der Waals surface area contributed by atoms with E-state index in [4.69, 9.17) is 5.73 Å². The summed E-state index contributed by atoms with van der Waals surface area (Å²) in [7, 11) is -2.92. The van der Waals surface area contributed by atoms with Crippen molar-refractivity contribution in [1.29, 1.82) is 0 Å². The molecular weight excluding hydrogens is 262 g/mol. The van der Waals surface area contributed by atoms with Crippen LogP contribution in [-0.2, 0) is 9.84 Å². The monoisotopic (exact) mass is 289 g/mol. The molecule has 5 nitrogen and oxygen atoms in total. The zero-order valence-electron chi connectivity index (χ0n) is 12.1. The second kappa shape index (κ2) is 5.68. The summed E-state index contributed by atoms with van der Waals surface area (Å²) < 4.78 is 24.0. The fraction of sp³-hybridized carbons (Fsp3) is 1.00. The van der Waals surface area contributed by atoms with Gasteiger partial charge in [-0.1, -0.05) is 6.92 Å². The lowest BCUT2D eigenvalue weighted by Gasteiger charge is -2.50. The third kappa shape index (κ3) is 3.12. The topological polar surface area (TPSA) is 66.6 Å². The molecule has 2 atom stereocenters. The van der Waals surface area contributed by atoms with Crippen LogP contribution in [0.5, 0.6) is 0 Å². The highest BCUT2D eigenvalue weighted by molar-refractivity contribution is 7.91. The SMILES string of the molecule is CCN1CCN(C2(CN)CCCS(=O)(=O)C2)CC1C. The standard InChI is InChI=1S/C13H27N3O2S/c1-3-15-6-7-16(9-12(15)2)13(10-14)5-4-8-19(17,18)11-13/h12H,3-11,14H2,1-2H3. The van der Waals surface area contributed by atoms with Gasteiger partial charge in [-0.05, 0) is 26.3 Å². The average Bonchev–Trinajstić information content (AvgIpc) is 2.37. The molecule has 0 amide bonds. The Labute approximate surface area is 117 Å². The van der Waals surface area contributed by atoms with Crippen molar-refractivity contribution >= 4 is 9.84 Å². The lowest BCUT2D eigenvalue weighted by atomic mass is 9.91. The predicted octanol–water partition coefficient (Wildman–Crippen LogP) is -0.0815. The lowest BCUT2D eigenvalue weighted by Crippen LogP contribution is -2.66. The number of nitrogens with zero attached hydrogens (tertiary/aromatic N) is 2. The van der Waals surface area contributed by atoms with E-state index in [0.717, 1.165) is 39.0 Å². The summed E-state index contributed by atoms with van der Waals surface area (Å²) in [6.45, 7) is 8.78. The first-order valence-corrected chi connectivity index (χ1v) is 9.14. The zero-order chi connectivity index (χ0) is 14.1. The third-order valence-electron chi connectivity index (χ3n) is 4.81. The molecule has 2 rings (SSSR count). The highest BCUT2D eigenvalue weighted by atomic mass is 32.2. The molecule has 0 aromatic heterocycles. The van der Waals surface area contributed by atoms with Gasteiger partial charge in [0.05, 0.1) is 11.5 Å². The molecule has 2 heterocycles. The maximum atomic E-state index is 12.0. The quantitative estimate of drug-likeness (QED) is 0.787. The number of nitrogens with two attached hydrogens (primary N) is 1. The number of piperazine rings is 1. The van der Waals surface area contributed by atoms with Crippen LogP contribution in [0, 0.1) is 0 Å². The van der Waals surface area contributed by atoms with Crippen LogP contribution in [0.25, 0.3) is 0 Å². The molecular formula is C13H27N3O2S. The van der Waals surface area contributed by atoms with Gasteiger partial charge in [-0.15, -0.1) is 0 Å². The summed E-state index contributed by atoms with van der Waals surface area (Å²) in [4.78, 5) is 4.79. The van der Waals surface area contributed by atoms with Crippen molar-refractivity contribution in [2.75, 3.05) is 44.2 Å². The van der Waals surface area contributed by atoms with Crippen LogP contribution in [0.1, 0.15) is 26.7 Å². The van der Waals surface area contributed by atoms with E-state index < -0.39 is 9.84 Å². The molecule has 2 unspecified atom stereocenters. The second-order valence-electron chi connectivity index (χ2n) is 6.05. The fourth-order valence-corrected chi connectivity index (χ4v) is 5.60. The number of sulfone groups is 1. The summed E-state index contributed by atoms with van der Waals surface area (Å²) in [5.41, 5.74) is 5.67. The minimum Gasteiger partial charge on any atom is -0.329 e. The zero-order valence-corrected chi connectivity index (χ0v) is 13.0. The minimum absolute atomic E-state index is 0.245. The fourth-order valence-electron chi connectivity index (χ4n) is 3.61. The maximum Gasteiger partial charge on any atom is 0.152 e. The number of hydrogen-bond donors (Lipinski definition) is 1. The molecule has 2 saturated heterocycles. The van der Waals surface area contributed by atoms with E-state index in [1.54, 1.807) is 0 Å². The Bertz CT molecular complexity index is 412. The molecule has 2 N–H and O–H groups in total. The van der Waals surface area contributed by atoms with Crippen molar-refractivity contribution < 1.29 is 8.42 Å². The van der Waals surface area contributed by atoms with Gasteiger partial charge in [0.15, 0.2) is 9.84 Å². The molecule has 112 valence electrons.